The molecule has 2 heterocycles. The third-order valence-electron chi connectivity index (χ3n) is 4.37. The van der Waals surface area contributed by atoms with Gasteiger partial charge >= 0.3 is 6.36 Å². The molecular formula is C17H20F3N3O4S. The summed E-state index contributed by atoms with van der Waals surface area (Å²) < 4.78 is 74.6. The minimum atomic E-state index is -4.75. The largest absolute Gasteiger partial charge is 0.573 e. The normalized spacial score (nSPS) is 16.3. The average Bonchev–Trinajstić information content (AvgIpc) is 2.90. The standard InChI is InChI=1S/C17H20F3N3O4S/c1-12-16(28(24,25)22-7-9-26-10-8-22)13(2)23(21-12)11-14-3-5-15(6-4-14)27-17(18,19)20/h3-6H,7-11H2,1-2H3. The van der Waals surface area contributed by atoms with Crippen LogP contribution < -0.4 is 4.74 Å². The van der Waals surface area contributed by atoms with Crippen molar-refractivity contribution in [3.05, 3.63) is 41.2 Å². The minimum Gasteiger partial charge on any atom is -0.406 e. The molecule has 154 valence electrons. The predicted octanol–water partition coefficient (Wildman–Crippen LogP) is 2.47. The van der Waals surface area contributed by atoms with Gasteiger partial charge in [-0.25, -0.2) is 8.42 Å². The zero-order valence-electron chi connectivity index (χ0n) is 15.4. The van der Waals surface area contributed by atoms with E-state index in [-0.39, 0.29) is 30.3 Å². The lowest BCUT2D eigenvalue weighted by atomic mass is 10.2. The van der Waals surface area contributed by atoms with Gasteiger partial charge in [-0.1, -0.05) is 12.1 Å². The number of ether oxygens (including phenoxy) is 2. The van der Waals surface area contributed by atoms with Gasteiger partial charge in [-0.3, -0.25) is 4.68 Å². The number of alkyl halides is 3. The maximum absolute atomic E-state index is 13.0. The summed E-state index contributed by atoms with van der Waals surface area (Å²) in [6, 6.07) is 5.38. The van der Waals surface area contributed by atoms with E-state index in [1.54, 1.807) is 13.8 Å². The van der Waals surface area contributed by atoms with Crippen LogP contribution in [0.25, 0.3) is 0 Å². The van der Waals surface area contributed by atoms with Crippen molar-refractivity contribution in [1.29, 1.82) is 0 Å². The van der Waals surface area contributed by atoms with Gasteiger partial charge in [0.2, 0.25) is 10.0 Å². The first-order valence-electron chi connectivity index (χ1n) is 8.54. The molecule has 0 aliphatic carbocycles. The molecule has 1 fully saturated rings. The molecule has 28 heavy (non-hydrogen) atoms. The highest BCUT2D eigenvalue weighted by Crippen LogP contribution is 2.26. The highest BCUT2D eigenvalue weighted by Gasteiger charge is 2.32. The lowest BCUT2D eigenvalue weighted by Crippen LogP contribution is -2.41. The summed E-state index contributed by atoms with van der Waals surface area (Å²) in [5.74, 6) is -0.319. The van der Waals surface area contributed by atoms with Gasteiger partial charge in [0.25, 0.3) is 0 Å². The highest BCUT2D eigenvalue weighted by atomic mass is 32.2. The molecule has 0 amide bonds. The molecule has 7 nitrogen and oxygen atoms in total. The molecular weight excluding hydrogens is 399 g/mol. The number of nitrogens with zero attached hydrogens (tertiary/aromatic N) is 3. The van der Waals surface area contributed by atoms with Crippen molar-refractivity contribution in [2.75, 3.05) is 26.3 Å². The Morgan fingerprint density at radius 1 is 1.14 bits per heavy atom. The maximum Gasteiger partial charge on any atom is 0.573 e. The van der Waals surface area contributed by atoms with Crippen LogP contribution in [0.2, 0.25) is 0 Å². The molecule has 3 rings (SSSR count). The van der Waals surface area contributed by atoms with Crippen molar-refractivity contribution in [2.24, 2.45) is 0 Å². The van der Waals surface area contributed by atoms with Gasteiger partial charge in [0, 0.05) is 13.1 Å². The van der Waals surface area contributed by atoms with Gasteiger partial charge < -0.3 is 9.47 Å². The number of sulfonamides is 1. The summed E-state index contributed by atoms with van der Waals surface area (Å²) in [6.45, 7) is 4.76. The second-order valence-corrected chi connectivity index (χ2v) is 8.24. The third-order valence-corrected chi connectivity index (χ3v) is 6.52. The van der Waals surface area contributed by atoms with E-state index in [2.05, 4.69) is 9.84 Å². The Kier molecular flexibility index (Phi) is 5.69. The summed E-state index contributed by atoms with van der Waals surface area (Å²) in [4.78, 5) is 0.159. The van der Waals surface area contributed by atoms with E-state index < -0.39 is 16.4 Å². The minimum absolute atomic E-state index is 0.159. The van der Waals surface area contributed by atoms with Crippen molar-refractivity contribution in [3.8, 4) is 5.75 Å². The molecule has 11 heteroatoms. The fourth-order valence-electron chi connectivity index (χ4n) is 3.09. The number of halogens is 3. The summed E-state index contributed by atoms with van der Waals surface area (Å²) in [7, 11) is -3.70. The Morgan fingerprint density at radius 2 is 1.75 bits per heavy atom. The Morgan fingerprint density at radius 3 is 2.32 bits per heavy atom. The molecule has 1 aliphatic heterocycles. The highest BCUT2D eigenvalue weighted by molar-refractivity contribution is 7.89. The van der Waals surface area contributed by atoms with Crippen molar-refractivity contribution >= 4 is 10.0 Å². The summed E-state index contributed by atoms with van der Waals surface area (Å²) in [5, 5.41) is 4.32. The monoisotopic (exact) mass is 419 g/mol. The molecule has 0 atom stereocenters. The Bertz CT molecular complexity index is 934. The first kappa shape index (κ1) is 20.6. The van der Waals surface area contributed by atoms with E-state index in [1.165, 1.54) is 33.3 Å². The first-order chi connectivity index (χ1) is 13.1. The van der Waals surface area contributed by atoms with Gasteiger partial charge in [0.15, 0.2) is 0 Å². The number of hydrogen-bond acceptors (Lipinski definition) is 5. The van der Waals surface area contributed by atoms with E-state index in [9.17, 15) is 21.6 Å². The van der Waals surface area contributed by atoms with Gasteiger partial charge in [-0.15, -0.1) is 13.2 Å². The Balaban J connectivity index is 1.82. The molecule has 2 aromatic rings. The lowest BCUT2D eigenvalue weighted by molar-refractivity contribution is -0.274. The Hall–Kier alpha value is -2.11. The van der Waals surface area contributed by atoms with Gasteiger partial charge in [-0.2, -0.15) is 9.40 Å². The lowest BCUT2D eigenvalue weighted by Gasteiger charge is -2.26. The van der Waals surface area contributed by atoms with Crippen molar-refractivity contribution in [1.82, 2.24) is 14.1 Å². The van der Waals surface area contributed by atoms with E-state index in [0.717, 1.165) is 0 Å². The van der Waals surface area contributed by atoms with Crippen LogP contribution in [0, 0.1) is 13.8 Å². The van der Waals surface area contributed by atoms with Crippen LogP contribution in [0.15, 0.2) is 29.2 Å². The van der Waals surface area contributed by atoms with Crippen LogP contribution in [-0.2, 0) is 21.3 Å². The van der Waals surface area contributed by atoms with Gasteiger partial charge in [0.1, 0.15) is 10.6 Å². The second-order valence-electron chi connectivity index (χ2n) is 6.37. The van der Waals surface area contributed by atoms with Crippen LogP contribution in [0.1, 0.15) is 17.0 Å². The quantitative estimate of drug-likeness (QED) is 0.745. The SMILES string of the molecule is Cc1nn(Cc2ccc(OC(F)(F)F)cc2)c(C)c1S(=O)(=O)N1CCOCC1. The third kappa shape index (κ3) is 4.47. The fraction of sp³-hybridized carbons (Fsp3) is 0.471. The van der Waals surface area contributed by atoms with Crippen LogP contribution in [-0.4, -0.2) is 55.2 Å². The Labute approximate surface area is 160 Å². The number of aromatic nitrogens is 2. The maximum atomic E-state index is 13.0. The number of rotatable bonds is 5. The van der Waals surface area contributed by atoms with Crippen molar-refractivity contribution < 1.29 is 31.1 Å². The zero-order valence-corrected chi connectivity index (χ0v) is 16.2. The van der Waals surface area contributed by atoms with Crippen LogP contribution in [0.3, 0.4) is 0 Å². The summed E-state index contributed by atoms with van der Waals surface area (Å²) in [5.41, 5.74) is 1.51. The summed E-state index contributed by atoms with van der Waals surface area (Å²) in [6.07, 6.45) is -4.75. The molecule has 0 N–H and O–H groups in total. The zero-order chi connectivity index (χ0) is 20.5. The molecule has 0 radical (unpaired) electrons. The summed E-state index contributed by atoms with van der Waals surface area (Å²) >= 11 is 0. The number of hydrogen-bond donors (Lipinski definition) is 0. The smallest absolute Gasteiger partial charge is 0.406 e. The predicted molar refractivity (Wildman–Crippen MR) is 93.5 cm³/mol. The molecule has 1 aromatic carbocycles. The van der Waals surface area contributed by atoms with Crippen molar-refractivity contribution in [3.63, 3.8) is 0 Å². The number of morpholine rings is 1. The average molecular weight is 419 g/mol. The first-order valence-corrected chi connectivity index (χ1v) is 9.98. The van der Waals surface area contributed by atoms with Crippen LogP contribution in [0.4, 0.5) is 13.2 Å². The number of benzene rings is 1. The second kappa shape index (κ2) is 7.72. The van der Waals surface area contributed by atoms with E-state index >= 15 is 0 Å². The molecule has 1 saturated heterocycles. The van der Waals surface area contributed by atoms with Crippen molar-refractivity contribution in [2.45, 2.75) is 31.7 Å². The van der Waals surface area contributed by atoms with Gasteiger partial charge in [-0.05, 0) is 31.5 Å². The van der Waals surface area contributed by atoms with E-state index in [0.29, 0.717) is 30.2 Å². The molecule has 0 unspecified atom stereocenters. The van der Waals surface area contributed by atoms with Crippen LogP contribution in [0.5, 0.6) is 5.75 Å². The number of aryl methyl sites for hydroxylation is 1. The molecule has 0 saturated carbocycles. The molecule has 0 bridgehead atoms. The topological polar surface area (TPSA) is 73.7 Å². The van der Waals surface area contributed by atoms with Gasteiger partial charge in [0.05, 0.1) is 31.1 Å². The fourth-order valence-corrected chi connectivity index (χ4v) is 4.87. The van der Waals surface area contributed by atoms with E-state index in [4.69, 9.17) is 4.74 Å². The van der Waals surface area contributed by atoms with E-state index in [1.807, 2.05) is 0 Å². The molecule has 1 aromatic heterocycles. The molecule has 1 aliphatic rings. The van der Waals surface area contributed by atoms with Crippen LogP contribution >= 0.6 is 0 Å². The molecule has 0 spiro atoms.